The van der Waals surface area contributed by atoms with Crippen LogP contribution in [0.15, 0.2) is 12.4 Å². The molecule has 0 bridgehead atoms. The Bertz CT molecular complexity index is 262. The highest BCUT2D eigenvalue weighted by atomic mass is 15.4. The Kier molecular flexibility index (Phi) is 10.5. The van der Waals surface area contributed by atoms with E-state index in [1.807, 2.05) is 0 Å². The molecular weight excluding hydrogens is 256 g/mol. The monoisotopic (exact) mass is 294 g/mol. The first-order valence-corrected chi connectivity index (χ1v) is 9.53. The number of hydrogen-bond donors (Lipinski definition) is 0. The highest BCUT2D eigenvalue weighted by molar-refractivity contribution is 4.96. The van der Waals surface area contributed by atoms with E-state index in [4.69, 9.17) is 0 Å². The third-order valence-corrected chi connectivity index (χ3v) is 4.63. The maximum absolute atomic E-state index is 2.54. The summed E-state index contributed by atoms with van der Waals surface area (Å²) >= 11 is 0. The Morgan fingerprint density at radius 1 is 0.667 bits per heavy atom. The van der Waals surface area contributed by atoms with Crippen LogP contribution in [-0.2, 0) is 0 Å². The minimum absolute atomic E-state index is 0.638. The number of hydrogen-bond acceptors (Lipinski definition) is 2. The average molecular weight is 295 g/mol. The Hall–Kier alpha value is -0.660. The first-order valence-electron chi connectivity index (χ1n) is 9.53. The summed E-state index contributed by atoms with van der Waals surface area (Å²) in [6, 6.07) is 0. The van der Waals surface area contributed by atoms with E-state index in [9.17, 15) is 0 Å². The van der Waals surface area contributed by atoms with Crippen molar-refractivity contribution in [2.45, 2.75) is 97.6 Å². The number of rotatable bonds is 13. The molecule has 0 N–H and O–H groups in total. The normalized spacial score (nSPS) is 18.0. The number of unbranched alkanes of at least 4 members (excludes halogenated alkanes) is 8. The molecule has 1 heterocycles. The second kappa shape index (κ2) is 11.9. The second-order valence-electron chi connectivity index (χ2n) is 6.46. The van der Waals surface area contributed by atoms with E-state index in [2.05, 4.69) is 43.0 Å². The Morgan fingerprint density at radius 2 is 1.24 bits per heavy atom. The molecule has 0 saturated carbocycles. The lowest BCUT2D eigenvalue weighted by atomic mass is 10.1. The van der Waals surface area contributed by atoms with Gasteiger partial charge in [-0.05, 0) is 26.2 Å². The maximum Gasteiger partial charge on any atom is 0.101 e. The Balaban J connectivity index is 2.05. The molecule has 1 atom stereocenters. The summed E-state index contributed by atoms with van der Waals surface area (Å²) in [6.07, 6.45) is 20.6. The van der Waals surface area contributed by atoms with Gasteiger partial charge in [0.25, 0.3) is 0 Å². The Labute approximate surface area is 133 Å². The average Bonchev–Trinajstić information content (AvgIpc) is 2.88. The van der Waals surface area contributed by atoms with E-state index >= 15 is 0 Å². The van der Waals surface area contributed by atoms with Gasteiger partial charge in [-0.3, -0.25) is 0 Å². The van der Waals surface area contributed by atoms with Gasteiger partial charge in [-0.25, -0.2) is 0 Å². The van der Waals surface area contributed by atoms with Gasteiger partial charge < -0.3 is 9.80 Å². The molecular formula is C19H38N2. The molecule has 0 radical (unpaired) electrons. The molecule has 124 valence electrons. The zero-order valence-electron chi connectivity index (χ0n) is 14.8. The molecule has 21 heavy (non-hydrogen) atoms. The van der Waals surface area contributed by atoms with Gasteiger partial charge >= 0.3 is 0 Å². The lowest BCUT2D eigenvalue weighted by molar-refractivity contribution is 0.144. The van der Waals surface area contributed by atoms with Crippen molar-refractivity contribution < 1.29 is 0 Å². The first kappa shape index (κ1) is 18.4. The van der Waals surface area contributed by atoms with E-state index in [-0.39, 0.29) is 0 Å². The van der Waals surface area contributed by atoms with Gasteiger partial charge in [0.15, 0.2) is 0 Å². The molecule has 0 aromatic carbocycles. The van der Waals surface area contributed by atoms with Crippen molar-refractivity contribution in [2.24, 2.45) is 0 Å². The van der Waals surface area contributed by atoms with Gasteiger partial charge in [-0.15, -0.1) is 0 Å². The van der Waals surface area contributed by atoms with E-state index in [1.54, 1.807) is 0 Å². The fraction of sp³-hybridized carbons (Fsp3) is 0.895. The van der Waals surface area contributed by atoms with Crippen molar-refractivity contribution in [2.75, 3.05) is 13.1 Å². The minimum Gasteiger partial charge on any atom is -0.356 e. The van der Waals surface area contributed by atoms with Crippen molar-refractivity contribution in [3.8, 4) is 0 Å². The minimum atomic E-state index is 0.638. The summed E-state index contributed by atoms with van der Waals surface area (Å²) in [6.45, 7) is 9.17. The fourth-order valence-corrected chi connectivity index (χ4v) is 3.33. The van der Waals surface area contributed by atoms with Gasteiger partial charge in [-0.1, -0.05) is 65.2 Å². The highest BCUT2D eigenvalue weighted by Crippen LogP contribution is 2.21. The van der Waals surface area contributed by atoms with Crippen molar-refractivity contribution in [1.29, 1.82) is 0 Å². The molecule has 2 heteroatoms. The molecule has 0 spiro atoms. The molecule has 0 aliphatic carbocycles. The van der Waals surface area contributed by atoms with Crippen molar-refractivity contribution in [3.05, 3.63) is 12.4 Å². The second-order valence-corrected chi connectivity index (χ2v) is 6.46. The standard InChI is InChI=1S/C19H38N2/c1-4-7-8-9-10-11-12-13-14-15-19-20(6-3)17-18-21(19)16-5-2/h17-19H,4-16H2,1-3H3. The molecule has 0 aromatic rings. The van der Waals surface area contributed by atoms with Gasteiger partial charge in [0.2, 0.25) is 0 Å². The molecule has 2 nitrogen and oxygen atoms in total. The van der Waals surface area contributed by atoms with Crippen molar-refractivity contribution in [3.63, 3.8) is 0 Å². The zero-order chi connectivity index (χ0) is 15.3. The number of nitrogens with zero attached hydrogens (tertiary/aromatic N) is 2. The van der Waals surface area contributed by atoms with E-state index in [1.165, 1.54) is 77.2 Å². The lowest BCUT2D eigenvalue weighted by Crippen LogP contribution is -2.38. The van der Waals surface area contributed by atoms with Gasteiger partial charge in [0.05, 0.1) is 0 Å². The van der Waals surface area contributed by atoms with Gasteiger partial charge in [0, 0.05) is 25.5 Å². The molecule has 1 aliphatic heterocycles. The van der Waals surface area contributed by atoms with Crippen LogP contribution in [-0.4, -0.2) is 29.1 Å². The Morgan fingerprint density at radius 3 is 1.81 bits per heavy atom. The first-order chi connectivity index (χ1) is 10.3. The van der Waals surface area contributed by atoms with Crippen LogP contribution in [0.1, 0.15) is 91.4 Å². The summed E-state index contributed by atoms with van der Waals surface area (Å²) in [5, 5.41) is 0. The third-order valence-electron chi connectivity index (χ3n) is 4.63. The van der Waals surface area contributed by atoms with Crippen molar-refractivity contribution >= 4 is 0 Å². The summed E-state index contributed by atoms with van der Waals surface area (Å²) in [4.78, 5) is 5.04. The van der Waals surface area contributed by atoms with Gasteiger partial charge in [-0.2, -0.15) is 0 Å². The van der Waals surface area contributed by atoms with Crippen LogP contribution < -0.4 is 0 Å². The lowest BCUT2D eigenvalue weighted by Gasteiger charge is -2.32. The summed E-state index contributed by atoms with van der Waals surface area (Å²) in [7, 11) is 0. The predicted molar refractivity (Wildman–Crippen MR) is 94.1 cm³/mol. The van der Waals surface area contributed by atoms with Crippen LogP contribution in [0, 0.1) is 0 Å². The molecule has 1 rings (SSSR count). The smallest absolute Gasteiger partial charge is 0.101 e. The molecule has 0 saturated heterocycles. The van der Waals surface area contributed by atoms with Crippen LogP contribution in [0.4, 0.5) is 0 Å². The molecule has 0 amide bonds. The summed E-state index contributed by atoms with van der Waals surface area (Å²) in [5.41, 5.74) is 0. The van der Waals surface area contributed by atoms with Crippen LogP contribution >= 0.6 is 0 Å². The third kappa shape index (κ3) is 7.24. The van der Waals surface area contributed by atoms with E-state index in [0.717, 1.165) is 6.54 Å². The van der Waals surface area contributed by atoms with E-state index in [0.29, 0.717) is 6.17 Å². The van der Waals surface area contributed by atoms with Crippen LogP contribution in [0.5, 0.6) is 0 Å². The van der Waals surface area contributed by atoms with Crippen molar-refractivity contribution in [1.82, 2.24) is 9.80 Å². The SMILES string of the molecule is CCCCCCCCCCCC1N(CC)C=CN1CCC. The maximum atomic E-state index is 2.54. The molecule has 1 unspecified atom stereocenters. The summed E-state index contributed by atoms with van der Waals surface area (Å²) in [5.74, 6) is 0. The van der Waals surface area contributed by atoms with Crippen LogP contribution in [0.2, 0.25) is 0 Å². The van der Waals surface area contributed by atoms with Crippen LogP contribution in [0.3, 0.4) is 0 Å². The van der Waals surface area contributed by atoms with Gasteiger partial charge in [0.1, 0.15) is 6.17 Å². The largest absolute Gasteiger partial charge is 0.356 e. The van der Waals surface area contributed by atoms with E-state index < -0.39 is 0 Å². The topological polar surface area (TPSA) is 6.48 Å². The van der Waals surface area contributed by atoms with Crippen LogP contribution in [0.25, 0.3) is 0 Å². The highest BCUT2D eigenvalue weighted by Gasteiger charge is 2.23. The molecule has 0 fully saturated rings. The molecule has 0 aromatic heterocycles. The zero-order valence-corrected chi connectivity index (χ0v) is 14.8. The molecule has 1 aliphatic rings. The predicted octanol–water partition coefficient (Wildman–Crippen LogP) is 5.75. The quantitative estimate of drug-likeness (QED) is 0.399. The fourth-order valence-electron chi connectivity index (χ4n) is 3.33. The summed E-state index contributed by atoms with van der Waals surface area (Å²) < 4.78 is 0.